The quantitative estimate of drug-likeness (QED) is 0.589. The number of rotatable bonds is 6. The molecule has 0 unspecified atom stereocenters. The summed E-state index contributed by atoms with van der Waals surface area (Å²) >= 11 is 18.3. The molecule has 112 valence electrons. The molecule has 5 heteroatoms. The number of hydrogen-bond acceptors (Lipinski definition) is 2. The van der Waals surface area contributed by atoms with Gasteiger partial charge in [0.15, 0.2) is 0 Å². The molecule has 0 aliphatic carbocycles. The summed E-state index contributed by atoms with van der Waals surface area (Å²) in [6.45, 7) is 1.40. The molecule has 21 heavy (non-hydrogen) atoms. The van der Waals surface area contributed by atoms with Crippen LogP contribution in [0.15, 0.2) is 36.4 Å². The summed E-state index contributed by atoms with van der Waals surface area (Å²) in [5.41, 5.74) is 2.04. The van der Waals surface area contributed by atoms with Crippen molar-refractivity contribution in [2.45, 2.75) is 13.0 Å². The third-order valence-corrected chi connectivity index (χ3v) is 4.36. The second-order valence-corrected chi connectivity index (χ2v) is 5.79. The third-order valence-electron chi connectivity index (χ3n) is 3.17. The molecule has 0 bridgehead atoms. The van der Waals surface area contributed by atoms with E-state index in [1.54, 1.807) is 19.2 Å². The fourth-order valence-corrected chi connectivity index (χ4v) is 2.69. The zero-order valence-electron chi connectivity index (χ0n) is 11.6. The molecule has 1 N–H and O–H groups in total. The van der Waals surface area contributed by atoms with E-state index < -0.39 is 0 Å². The topological polar surface area (TPSA) is 21.3 Å². The molecule has 0 aliphatic heterocycles. The highest BCUT2D eigenvalue weighted by atomic mass is 35.5. The Balaban J connectivity index is 1.89. The molecule has 0 heterocycles. The lowest BCUT2D eigenvalue weighted by atomic mass is 10.1. The van der Waals surface area contributed by atoms with Crippen molar-refractivity contribution < 1.29 is 4.74 Å². The van der Waals surface area contributed by atoms with Crippen LogP contribution in [0.1, 0.15) is 11.1 Å². The Morgan fingerprint density at radius 1 is 1.05 bits per heavy atom. The van der Waals surface area contributed by atoms with Gasteiger partial charge in [0.2, 0.25) is 0 Å². The highest BCUT2D eigenvalue weighted by Gasteiger charge is 2.09. The van der Waals surface area contributed by atoms with Crippen molar-refractivity contribution in [1.29, 1.82) is 0 Å². The molecule has 0 atom stereocenters. The number of benzene rings is 2. The summed E-state index contributed by atoms with van der Waals surface area (Å²) in [5.74, 6) is 0.869. The van der Waals surface area contributed by atoms with E-state index >= 15 is 0 Å². The number of methoxy groups -OCH3 is 1. The predicted octanol–water partition coefficient (Wildman–Crippen LogP) is 4.99. The standard InChI is InChI=1S/C16H16Cl3NO/c1-21-12-4-2-3-11(9-12)7-8-20-10-13-14(17)5-6-15(18)16(13)19/h2-6,9,20H,7-8,10H2,1H3. The van der Waals surface area contributed by atoms with Crippen LogP contribution in [0, 0.1) is 0 Å². The Bertz CT molecular complexity index is 616. The van der Waals surface area contributed by atoms with Crippen LogP contribution >= 0.6 is 34.8 Å². The number of halogens is 3. The molecule has 0 saturated carbocycles. The molecule has 0 aromatic heterocycles. The van der Waals surface area contributed by atoms with Crippen molar-refractivity contribution in [2.75, 3.05) is 13.7 Å². The molecule has 2 rings (SSSR count). The van der Waals surface area contributed by atoms with Crippen molar-refractivity contribution in [3.05, 3.63) is 62.6 Å². The monoisotopic (exact) mass is 343 g/mol. The number of hydrogen-bond donors (Lipinski definition) is 1. The molecule has 0 amide bonds. The average Bonchev–Trinajstić information content (AvgIpc) is 2.50. The van der Waals surface area contributed by atoms with Crippen molar-refractivity contribution in [1.82, 2.24) is 5.32 Å². The van der Waals surface area contributed by atoms with E-state index in [0.717, 1.165) is 24.3 Å². The van der Waals surface area contributed by atoms with Gasteiger partial charge in [-0.2, -0.15) is 0 Å². The molecule has 2 nitrogen and oxygen atoms in total. The molecular weight excluding hydrogens is 329 g/mol. The summed E-state index contributed by atoms with van der Waals surface area (Å²) in [5, 5.41) is 4.98. The van der Waals surface area contributed by atoms with Gasteiger partial charge in [-0.1, -0.05) is 46.9 Å². The maximum Gasteiger partial charge on any atom is 0.119 e. The summed E-state index contributed by atoms with van der Waals surface area (Å²) < 4.78 is 5.21. The average molecular weight is 345 g/mol. The van der Waals surface area contributed by atoms with Crippen molar-refractivity contribution in [2.24, 2.45) is 0 Å². The first-order valence-electron chi connectivity index (χ1n) is 6.58. The van der Waals surface area contributed by atoms with E-state index in [1.165, 1.54) is 5.56 Å². The molecule has 0 saturated heterocycles. The lowest BCUT2D eigenvalue weighted by Gasteiger charge is -2.10. The van der Waals surface area contributed by atoms with E-state index in [0.29, 0.717) is 21.6 Å². The van der Waals surface area contributed by atoms with E-state index in [9.17, 15) is 0 Å². The molecule has 2 aromatic rings. The molecule has 0 aliphatic rings. The minimum atomic E-state index is 0.512. The zero-order valence-corrected chi connectivity index (χ0v) is 13.9. The van der Waals surface area contributed by atoms with Crippen molar-refractivity contribution >= 4 is 34.8 Å². The Hall–Kier alpha value is -0.930. The minimum absolute atomic E-state index is 0.512. The first-order valence-corrected chi connectivity index (χ1v) is 7.71. The third kappa shape index (κ3) is 4.52. The van der Waals surface area contributed by atoms with Gasteiger partial charge >= 0.3 is 0 Å². The van der Waals surface area contributed by atoms with Gasteiger partial charge in [-0.3, -0.25) is 0 Å². The Morgan fingerprint density at radius 2 is 1.81 bits per heavy atom. The van der Waals surface area contributed by atoms with Gasteiger partial charge in [-0.05, 0) is 42.8 Å². The maximum atomic E-state index is 6.16. The Kier molecular flexibility index (Phi) is 6.19. The highest BCUT2D eigenvalue weighted by Crippen LogP contribution is 2.31. The van der Waals surface area contributed by atoms with Crippen LogP contribution in [0.3, 0.4) is 0 Å². The van der Waals surface area contributed by atoms with Crippen LogP contribution in [0.4, 0.5) is 0 Å². The lowest BCUT2D eigenvalue weighted by Crippen LogP contribution is -2.17. The number of ether oxygens (including phenoxy) is 1. The highest BCUT2D eigenvalue weighted by molar-refractivity contribution is 6.44. The second-order valence-electron chi connectivity index (χ2n) is 4.60. The molecule has 0 fully saturated rings. The Morgan fingerprint density at radius 3 is 2.57 bits per heavy atom. The number of nitrogens with one attached hydrogen (secondary N) is 1. The minimum Gasteiger partial charge on any atom is -0.497 e. The first kappa shape index (κ1) is 16.4. The van der Waals surface area contributed by atoms with E-state index in [-0.39, 0.29) is 0 Å². The molecule has 2 aromatic carbocycles. The smallest absolute Gasteiger partial charge is 0.119 e. The largest absolute Gasteiger partial charge is 0.497 e. The van der Waals surface area contributed by atoms with Crippen LogP contribution in [0.2, 0.25) is 15.1 Å². The van der Waals surface area contributed by atoms with Crippen LogP contribution < -0.4 is 10.1 Å². The van der Waals surface area contributed by atoms with Crippen LogP contribution in [0.25, 0.3) is 0 Å². The first-order chi connectivity index (χ1) is 10.1. The van der Waals surface area contributed by atoms with E-state index in [2.05, 4.69) is 11.4 Å². The molecule has 0 radical (unpaired) electrons. The van der Waals surface area contributed by atoms with Gasteiger partial charge < -0.3 is 10.1 Å². The summed E-state index contributed by atoms with van der Waals surface area (Å²) in [6.07, 6.45) is 0.896. The summed E-state index contributed by atoms with van der Waals surface area (Å²) in [6, 6.07) is 11.5. The predicted molar refractivity (Wildman–Crippen MR) is 89.9 cm³/mol. The van der Waals surface area contributed by atoms with Crippen molar-refractivity contribution in [3.8, 4) is 5.75 Å². The zero-order chi connectivity index (χ0) is 15.2. The van der Waals surface area contributed by atoms with Crippen molar-refractivity contribution in [3.63, 3.8) is 0 Å². The summed E-state index contributed by atoms with van der Waals surface area (Å²) in [4.78, 5) is 0. The van der Waals surface area contributed by atoms with Crippen LogP contribution in [-0.2, 0) is 13.0 Å². The van der Waals surface area contributed by atoms with Gasteiger partial charge in [0.25, 0.3) is 0 Å². The normalized spacial score (nSPS) is 10.7. The van der Waals surface area contributed by atoms with E-state index in [1.807, 2.05) is 18.2 Å². The maximum absolute atomic E-state index is 6.16. The van der Waals surface area contributed by atoms with Crippen LogP contribution in [0.5, 0.6) is 5.75 Å². The van der Waals surface area contributed by atoms with Gasteiger partial charge in [-0.15, -0.1) is 0 Å². The van der Waals surface area contributed by atoms with E-state index in [4.69, 9.17) is 39.5 Å². The molecule has 0 spiro atoms. The van der Waals surface area contributed by atoms with Gasteiger partial charge in [0.1, 0.15) is 5.75 Å². The second kappa shape index (κ2) is 7.90. The Labute approximate surface area is 140 Å². The SMILES string of the molecule is COc1cccc(CCNCc2c(Cl)ccc(Cl)c2Cl)c1. The van der Waals surface area contributed by atoms with Gasteiger partial charge in [0, 0.05) is 17.1 Å². The summed E-state index contributed by atoms with van der Waals surface area (Å²) in [7, 11) is 1.67. The fraction of sp³-hybridized carbons (Fsp3) is 0.250. The fourth-order valence-electron chi connectivity index (χ4n) is 2.01. The lowest BCUT2D eigenvalue weighted by molar-refractivity contribution is 0.414. The molecular formula is C16H16Cl3NO. The van der Waals surface area contributed by atoms with Crippen LogP contribution in [-0.4, -0.2) is 13.7 Å². The van der Waals surface area contributed by atoms with Gasteiger partial charge in [-0.25, -0.2) is 0 Å². The van der Waals surface area contributed by atoms with Gasteiger partial charge in [0.05, 0.1) is 17.2 Å².